The van der Waals surface area contributed by atoms with Crippen molar-refractivity contribution < 1.29 is 12.8 Å². The molecule has 1 saturated heterocycles. The summed E-state index contributed by atoms with van der Waals surface area (Å²) in [6.07, 6.45) is 2.79. The Labute approximate surface area is 108 Å². The quantitative estimate of drug-likeness (QED) is 0.829. The lowest BCUT2D eigenvalue weighted by Crippen LogP contribution is -2.42. The molecule has 0 amide bonds. The van der Waals surface area contributed by atoms with Crippen LogP contribution in [-0.4, -0.2) is 25.3 Å². The first-order valence-corrected chi connectivity index (χ1v) is 7.65. The topological polar surface area (TPSA) is 37.4 Å². The van der Waals surface area contributed by atoms with Crippen molar-refractivity contribution in [1.82, 2.24) is 4.31 Å². The van der Waals surface area contributed by atoms with Crippen molar-refractivity contribution in [3.8, 4) is 0 Å². The second kappa shape index (κ2) is 4.97. The van der Waals surface area contributed by atoms with Crippen LogP contribution in [-0.2, 0) is 10.0 Å². The van der Waals surface area contributed by atoms with E-state index < -0.39 is 15.8 Å². The molecule has 0 N–H and O–H groups in total. The van der Waals surface area contributed by atoms with Gasteiger partial charge in [-0.15, -0.1) is 0 Å². The monoisotopic (exact) mass is 271 g/mol. The number of sulfonamides is 1. The molecule has 0 aliphatic carbocycles. The van der Waals surface area contributed by atoms with E-state index in [9.17, 15) is 12.8 Å². The highest BCUT2D eigenvalue weighted by Gasteiger charge is 2.32. The molecule has 0 aromatic heterocycles. The lowest BCUT2D eigenvalue weighted by Gasteiger charge is -2.32. The highest BCUT2D eigenvalue weighted by Crippen LogP contribution is 2.27. The largest absolute Gasteiger partial charge is 0.243 e. The third-order valence-electron chi connectivity index (χ3n) is 3.48. The predicted molar refractivity (Wildman–Crippen MR) is 68.3 cm³/mol. The summed E-state index contributed by atoms with van der Waals surface area (Å²) < 4.78 is 39.8. The minimum Gasteiger partial charge on any atom is -0.207 e. The normalized spacial score (nSPS) is 22.1. The number of nitrogens with zero attached hydrogens (tertiary/aromatic N) is 1. The van der Waals surface area contributed by atoms with Crippen LogP contribution in [0.4, 0.5) is 4.39 Å². The number of piperidine rings is 1. The van der Waals surface area contributed by atoms with E-state index in [1.165, 1.54) is 16.4 Å². The van der Waals surface area contributed by atoms with Crippen LogP contribution in [0, 0.1) is 12.7 Å². The van der Waals surface area contributed by atoms with E-state index in [1.54, 1.807) is 6.92 Å². The van der Waals surface area contributed by atoms with Gasteiger partial charge in [0.15, 0.2) is 0 Å². The molecule has 3 nitrogen and oxygen atoms in total. The van der Waals surface area contributed by atoms with Crippen LogP contribution in [0.1, 0.15) is 31.7 Å². The second-order valence-electron chi connectivity index (χ2n) is 4.87. The third-order valence-corrected chi connectivity index (χ3v) is 5.63. The maximum atomic E-state index is 13.3. The van der Waals surface area contributed by atoms with Crippen LogP contribution in [0.15, 0.2) is 23.1 Å². The van der Waals surface area contributed by atoms with Gasteiger partial charge in [0.05, 0.1) is 4.90 Å². The molecular weight excluding hydrogens is 253 g/mol. The maximum Gasteiger partial charge on any atom is 0.243 e. The standard InChI is InChI=1S/C13H18FNO2S/c1-10-6-7-12(14)9-13(10)18(16,17)15-8-4-3-5-11(15)2/h6-7,9,11H,3-5,8H2,1-2H3. The fraction of sp³-hybridized carbons (Fsp3) is 0.538. The van der Waals surface area contributed by atoms with Crippen molar-refractivity contribution in [2.45, 2.75) is 44.0 Å². The van der Waals surface area contributed by atoms with E-state index in [0.29, 0.717) is 12.1 Å². The Balaban J connectivity index is 2.44. The first kappa shape index (κ1) is 13.5. The molecule has 1 unspecified atom stereocenters. The van der Waals surface area contributed by atoms with Gasteiger partial charge in [0, 0.05) is 12.6 Å². The molecule has 100 valence electrons. The summed E-state index contributed by atoms with van der Waals surface area (Å²) in [5, 5.41) is 0. The molecule has 0 radical (unpaired) electrons. The van der Waals surface area contributed by atoms with Crippen molar-refractivity contribution in [1.29, 1.82) is 0 Å². The summed E-state index contributed by atoms with van der Waals surface area (Å²) in [5.74, 6) is -0.510. The summed E-state index contributed by atoms with van der Waals surface area (Å²) in [4.78, 5) is 0.0938. The van der Waals surface area contributed by atoms with Crippen LogP contribution < -0.4 is 0 Å². The van der Waals surface area contributed by atoms with Crippen molar-refractivity contribution in [3.63, 3.8) is 0 Å². The van der Waals surface area contributed by atoms with Gasteiger partial charge in [-0.3, -0.25) is 0 Å². The van der Waals surface area contributed by atoms with E-state index in [4.69, 9.17) is 0 Å². The molecule has 1 fully saturated rings. The lowest BCUT2D eigenvalue weighted by molar-refractivity contribution is 0.268. The van der Waals surface area contributed by atoms with Gasteiger partial charge >= 0.3 is 0 Å². The summed E-state index contributed by atoms with van der Waals surface area (Å²) >= 11 is 0. The van der Waals surface area contributed by atoms with E-state index in [1.807, 2.05) is 6.92 Å². The molecule has 0 bridgehead atoms. The molecule has 1 aromatic carbocycles. The minimum absolute atomic E-state index is 0.00795. The Bertz CT molecular complexity index is 542. The molecule has 18 heavy (non-hydrogen) atoms. The number of rotatable bonds is 2. The van der Waals surface area contributed by atoms with Crippen molar-refractivity contribution in [3.05, 3.63) is 29.6 Å². The third kappa shape index (κ3) is 2.42. The lowest BCUT2D eigenvalue weighted by atomic mass is 10.1. The predicted octanol–water partition coefficient (Wildman–Crippen LogP) is 2.70. The smallest absolute Gasteiger partial charge is 0.207 e. The van der Waals surface area contributed by atoms with Crippen molar-refractivity contribution in [2.24, 2.45) is 0 Å². The molecule has 1 heterocycles. The van der Waals surface area contributed by atoms with Gasteiger partial charge in [0.25, 0.3) is 0 Å². The van der Waals surface area contributed by atoms with E-state index >= 15 is 0 Å². The van der Waals surface area contributed by atoms with E-state index in [2.05, 4.69) is 0 Å². The van der Waals surface area contributed by atoms with Gasteiger partial charge in [0.1, 0.15) is 5.82 Å². The Kier molecular flexibility index (Phi) is 3.73. The number of benzene rings is 1. The molecule has 1 aromatic rings. The Morgan fingerprint density at radius 2 is 2.06 bits per heavy atom. The zero-order chi connectivity index (χ0) is 13.3. The highest BCUT2D eigenvalue weighted by molar-refractivity contribution is 7.89. The number of hydrogen-bond acceptors (Lipinski definition) is 2. The van der Waals surface area contributed by atoms with Crippen LogP contribution in [0.2, 0.25) is 0 Å². The van der Waals surface area contributed by atoms with Gasteiger partial charge in [-0.1, -0.05) is 12.5 Å². The van der Waals surface area contributed by atoms with Crippen LogP contribution in [0.3, 0.4) is 0 Å². The first-order valence-electron chi connectivity index (χ1n) is 6.21. The average Bonchev–Trinajstić information content (AvgIpc) is 2.32. The van der Waals surface area contributed by atoms with Crippen molar-refractivity contribution >= 4 is 10.0 Å². The van der Waals surface area contributed by atoms with Gasteiger partial charge in [-0.2, -0.15) is 4.31 Å². The molecule has 0 saturated carbocycles. The molecule has 1 aliphatic rings. The molecule has 1 atom stereocenters. The zero-order valence-electron chi connectivity index (χ0n) is 10.7. The molecule has 5 heteroatoms. The summed E-state index contributed by atoms with van der Waals surface area (Å²) in [6, 6.07) is 3.91. The second-order valence-corrected chi connectivity index (χ2v) is 6.73. The van der Waals surface area contributed by atoms with Gasteiger partial charge in [-0.05, 0) is 44.4 Å². The van der Waals surface area contributed by atoms with E-state index in [0.717, 1.165) is 25.3 Å². The summed E-state index contributed by atoms with van der Waals surface area (Å²) in [5.41, 5.74) is 0.592. The van der Waals surface area contributed by atoms with E-state index in [-0.39, 0.29) is 10.9 Å². The highest BCUT2D eigenvalue weighted by atomic mass is 32.2. The molecule has 0 spiro atoms. The zero-order valence-corrected chi connectivity index (χ0v) is 11.5. The summed E-state index contributed by atoms with van der Waals surface area (Å²) in [6.45, 7) is 4.13. The molecule has 1 aliphatic heterocycles. The van der Waals surface area contributed by atoms with Gasteiger partial charge in [0.2, 0.25) is 10.0 Å². The first-order chi connectivity index (χ1) is 8.43. The minimum atomic E-state index is -3.57. The fourth-order valence-corrected chi connectivity index (χ4v) is 4.34. The number of halogens is 1. The summed E-state index contributed by atoms with van der Waals surface area (Å²) in [7, 11) is -3.57. The number of aryl methyl sites for hydroxylation is 1. The SMILES string of the molecule is Cc1ccc(F)cc1S(=O)(=O)N1CCCCC1C. The Morgan fingerprint density at radius 3 is 2.72 bits per heavy atom. The van der Waals surface area contributed by atoms with Crippen LogP contribution >= 0.6 is 0 Å². The Hall–Kier alpha value is -0.940. The fourth-order valence-electron chi connectivity index (χ4n) is 2.41. The van der Waals surface area contributed by atoms with Gasteiger partial charge in [-0.25, -0.2) is 12.8 Å². The van der Waals surface area contributed by atoms with Crippen LogP contribution in [0.5, 0.6) is 0 Å². The number of hydrogen-bond donors (Lipinski definition) is 0. The Morgan fingerprint density at radius 1 is 1.33 bits per heavy atom. The molecular formula is C13H18FNO2S. The van der Waals surface area contributed by atoms with Crippen LogP contribution in [0.25, 0.3) is 0 Å². The maximum absolute atomic E-state index is 13.3. The molecule has 2 rings (SSSR count). The average molecular weight is 271 g/mol. The van der Waals surface area contributed by atoms with Crippen molar-refractivity contribution in [2.75, 3.05) is 6.54 Å². The van der Waals surface area contributed by atoms with Gasteiger partial charge < -0.3 is 0 Å².